The highest BCUT2D eigenvalue weighted by Gasteiger charge is 2.44. The zero-order chi connectivity index (χ0) is 16.7. The van der Waals surface area contributed by atoms with Gasteiger partial charge in [-0.25, -0.2) is 9.97 Å². The minimum absolute atomic E-state index is 0.145. The fourth-order valence-corrected chi connectivity index (χ4v) is 2.92. The molecule has 2 aromatic heterocycles. The van der Waals surface area contributed by atoms with Gasteiger partial charge in [0.1, 0.15) is 41.1 Å². The van der Waals surface area contributed by atoms with E-state index in [2.05, 4.69) is 15.3 Å². The summed E-state index contributed by atoms with van der Waals surface area (Å²) in [5, 5.41) is 32.9. The molecule has 1 fully saturated rings. The number of nitrogens with two attached hydrogens (primary N) is 1. The second-order valence-corrected chi connectivity index (χ2v) is 5.65. The molecule has 0 aliphatic carbocycles. The molecule has 0 bridgehead atoms. The van der Waals surface area contributed by atoms with E-state index >= 15 is 0 Å². The molecule has 6 N–H and O–H groups in total. The maximum atomic E-state index is 10.2. The summed E-state index contributed by atoms with van der Waals surface area (Å²) in [5.41, 5.74) is 6.74. The molecule has 1 aliphatic heterocycles. The van der Waals surface area contributed by atoms with Gasteiger partial charge in [-0.05, 0) is 0 Å². The summed E-state index contributed by atoms with van der Waals surface area (Å²) in [6.45, 7) is -0.410. The van der Waals surface area contributed by atoms with Crippen molar-refractivity contribution in [2.24, 2.45) is 5.73 Å². The van der Waals surface area contributed by atoms with Crippen molar-refractivity contribution in [3.63, 3.8) is 0 Å². The molecule has 0 radical (unpaired) electrons. The lowest BCUT2D eigenvalue weighted by molar-refractivity contribution is -0.0508. The Bertz CT molecular complexity index is 751. The van der Waals surface area contributed by atoms with Crippen molar-refractivity contribution >= 4 is 34.1 Å². The van der Waals surface area contributed by atoms with E-state index in [1.54, 1.807) is 13.2 Å². The first kappa shape index (κ1) is 16.0. The van der Waals surface area contributed by atoms with E-state index in [-0.39, 0.29) is 4.99 Å². The number of fused-ring (bicyclic) bond motifs is 1. The van der Waals surface area contributed by atoms with E-state index in [0.29, 0.717) is 22.4 Å². The summed E-state index contributed by atoms with van der Waals surface area (Å²) in [6.07, 6.45) is -1.28. The van der Waals surface area contributed by atoms with Crippen molar-refractivity contribution < 1.29 is 20.1 Å². The first-order chi connectivity index (χ1) is 11.0. The number of hydrogen-bond donors (Lipinski definition) is 5. The highest BCUT2D eigenvalue weighted by atomic mass is 32.1. The molecule has 124 valence electrons. The minimum Gasteiger partial charge on any atom is -0.394 e. The normalized spacial score (nSPS) is 27.5. The molecular weight excluding hydrogens is 322 g/mol. The molecule has 0 saturated carbocycles. The van der Waals surface area contributed by atoms with Gasteiger partial charge in [0.05, 0.1) is 12.0 Å². The molecule has 3 heterocycles. The number of nitrogens with one attached hydrogen (secondary N) is 1. The van der Waals surface area contributed by atoms with E-state index in [9.17, 15) is 15.3 Å². The number of ether oxygens (including phenoxy) is 1. The van der Waals surface area contributed by atoms with Crippen LogP contribution in [0.4, 0.5) is 5.82 Å². The Hall–Kier alpha value is -1.85. The van der Waals surface area contributed by atoms with Crippen molar-refractivity contribution in [1.29, 1.82) is 0 Å². The summed E-state index contributed by atoms with van der Waals surface area (Å²) in [6, 6.07) is 0. The second kappa shape index (κ2) is 5.98. The molecule has 1 saturated heterocycles. The van der Waals surface area contributed by atoms with Crippen molar-refractivity contribution in [2.45, 2.75) is 24.5 Å². The van der Waals surface area contributed by atoms with Crippen molar-refractivity contribution in [2.75, 3.05) is 19.0 Å². The van der Waals surface area contributed by atoms with Crippen molar-refractivity contribution in [3.05, 3.63) is 18.1 Å². The number of thiocarbonyl (C=S) groups is 1. The highest BCUT2D eigenvalue weighted by molar-refractivity contribution is 7.80. The van der Waals surface area contributed by atoms with Gasteiger partial charge >= 0.3 is 0 Å². The number of aliphatic hydroxyl groups excluding tert-OH is 3. The van der Waals surface area contributed by atoms with Gasteiger partial charge < -0.3 is 35.7 Å². The molecule has 9 nitrogen and oxygen atoms in total. The lowest BCUT2D eigenvalue weighted by Gasteiger charge is -2.17. The molecule has 10 heteroatoms. The zero-order valence-corrected chi connectivity index (χ0v) is 13.1. The fourth-order valence-electron chi connectivity index (χ4n) is 2.77. The average molecular weight is 339 g/mol. The number of aromatic nitrogens is 3. The van der Waals surface area contributed by atoms with E-state index < -0.39 is 31.1 Å². The Morgan fingerprint density at radius 2 is 2.17 bits per heavy atom. The van der Waals surface area contributed by atoms with Crippen LogP contribution in [0.3, 0.4) is 0 Å². The molecule has 0 spiro atoms. The largest absolute Gasteiger partial charge is 0.394 e. The Kier molecular flexibility index (Phi) is 4.17. The average Bonchev–Trinajstić information content (AvgIpc) is 3.06. The van der Waals surface area contributed by atoms with Crippen LogP contribution in [0.15, 0.2) is 12.5 Å². The van der Waals surface area contributed by atoms with E-state index in [0.717, 1.165) is 0 Å². The summed E-state index contributed by atoms with van der Waals surface area (Å²) in [7, 11) is 1.70. The summed E-state index contributed by atoms with van der Waals surface area (Å²) < 4.78 is 7.08. The molecule has 1 aliphatic rings. The topological polar surface area (TPSA) is 139 Å². The van der Waals surface area contributed by atoms with Crippen molar-refractivity contribution in [3.8, 4) is 0 Å². The lowest BCUT2D eigenvalue weighted by atomic mass is 10.1. The highest BCUT2D eigenvalue weighted by Crippen LogP contribution is 2.34. The molecule has 0 aromatic carbocycles. The number of rotatable bonds is 4. The maximum absolute atomic E-state index is 10.2. The molecular formula is C13H17N5O4S. The maximum Gasteiger partial charge on any atom is 0.164 e. The third kappa shape index (κ3) is 2.44. The van der Waals surface area contributed by atoms with Gasteiger partial charge in [-0.2, -0.15) is 0 Å². The minimum atomic E-state index is -1.23. The van der Waals surface area contributed by atoms with Gasteiger partial charge in [-0.3, -0.25) is 0 Å². The van der Waals surface area contributed by atoms with E-state index in [1.807, 2.05) is 0 Å². The SMILES string of the molecule is CNc1ncnc2c1c(C(N)=S)cn2[C@H]1O[C@@H](CO)[C@@H](O)[C@H]1O. The molecule has 23 heavy (non-hydrogen) atoms. The van der Waals surface area contributed by atoms with Crippen LogP contribution in [0.1, 0.15) is 11.8 Å². The number of aliphatic hydroxyl groups is 3. The van der Waals surface area contributed by atoms with Crippen LogP contribution in [0.25, 0.3) is 11.0 Å². The van der Waals surface area contributed by atoms with Crippen LogP contribution in [-0.2, 0) is 4.74 Å². The van der Waals surface area contributed by atoms with Gasteiger partial charge in [0.25, 0.3) is 0 Å². The number of anilines is 1. The quantitative estimate of drug-likeness (QED) is 0.431. The number of hydrogen-bond acceptors (Lipinski definition) is 8. The van der Waals surface area contributed by atoms with Gasteiger partial charge in [0.2, 0.25) is 0 Å². The lowest BCUT2D eigenvalue weighted by Crippen LogP contribution is -2.33. The predicted octanol–water partition coefficient (Wildman–Crippen LogP) is -1.28. The smallest absolute Gasteiger partial charge is 0.164 e. The molecule has 2 aromatic rings. The van der Waals surface area contributed by atoms with Crippen LogP contribution in [-0.4, -0.2) is 66.8 Å². The van der Waals surface area contributed by atoms with Gasteiger partial charge in [0, 0.05) is 18.8 Å². The monoisotopic (exact) mass is 339 g/mol. The van der Waals surface area contributed by atoms with E-state index in [1.165, 1.54) is 10.9 Å². The van der Waals surface area contributed by atoms with Crippen LogP contribution in [0.2, 0.25) is 0 Å². The predicted molar refractivity (Wildman–Crippen MR) is 86.0 cm³/mol. The van der Waals surface area contributed by atoms with Crippen LogP contribution >= 0.6 is 12.2 Å². The Morgan fingerprint density at radius 1 is 1.43 bits per heavy atom. The molecule has 4 atom stereocenters. The first-order valence-corrected chi connectivity index (χ1v) is 7.36. The van der Waals surface area contributed by atoms with Gasteiger partial charge in [-0.15, -0.1) is 0 Å². The zero-order valence-electron chi connectivity index (χ0n) is 12.2. The van der Waals surface area contributed by atoms with E-state index in [4.69, 9.17) is 22.7 Å². The van der Waals surface area contributed by atoms with Gasteiger partial charge in [0.15, 0.2) is 6.23 Å². The van der Waals surface area contributed by atoms with Crippen LogP contribution in [0, 0.1) is 0 Å². The summed E-state index contributed by atoms with van der Waals surface area (Å²) in [5.74, 6) is 0.531. The number of nitrogens with zero attached hydrogens (tertiary/aromatic N) is 3. The Morgan fingerprint density at radius 3 is 2.74 bits per heavy atom. The van der Waals surface area contributed by atoms with Gasteiger partial charge in [-0.1, -0.05) is 12.2 Å². The van der Waals surface area contributed by atoms with Crippen LogP contribution in [0.5, 0.6) is 0 Å². The molecule has 0 amide bonds. The molecule has 3 rings (SSSR count). The Balaban J connectivity index is 2.18. The van der Waals surface area contributed by atoms with Crippen molar-refractivity contribution in [1.82, 2.24) is 14.5 Å². The first-order valence-electron chi connectivity index (χ1n) is 6.95. The third-order valence-corrected chi connectivity index (χ3v) is 4.12. The standard InChI is InChI=1S/C13H17N5O4S/c1-15-11-7-5(10(14)23)2-18(12(7)17-4-16-11)13-9(21)8(20)6(3-19)22-13/h2,4,6,8-9,13,19-21H,3H2,1H3,(H2,14,23)(H,15,16,17)/t6-,8+,9+,13-/m0/s1. The molecule has 0 unspecified atom stereocenters. The third-order valence-electron chi connectivity index (χ3n) is 3.90. The fraction of sp³-hybridized carbons (Fsp3) is 0.462. The second-order valence-electron chi connectivity index (χ2n) is 5.21. The summed E-state index contributed by atoms with van der Waals surface area (Å²) in [4.78, 5) is 8.48. The van der Waals surface area contributed by atoms with Crippen LogP contribution < -0.4 is 11.1 Å². The summed E-state index contributed by atoms with van der Waals surface area (Å²) >= 11 is 5.07. The Labute approximate surface area is 136 Å².